The lowest BCUT2D eigenvalue weighted by Gasteiger charge is -2.21. The number of rotatable bonds is 6. The Morgan fingerprint density at radius 2 is 0.852 bits per heavy atom. The third-order valence-corrected chi connectivity index (χ3v) is 11.2. The standard InChI is InChI=1S/C50H44O4/c1-3-21-53-49-36-24-32-14-7-10-18-40(32)46(49)30-44-38-16-8-5-13-31(38)23-35(48(44)52)27-37-25-33-15-6-9-17-39(33)45(50(37)54-22-4-2)29-43-42-20-12-11-19-41(42)34(26-36)28-47(43)51/h5-20,23-25,28,51-52H,3-4,21-22,26-27,29-30H2,1-2H3. The van der Waals surface area contributed by atoms with Crippen molar-refractivity contribution in [2.75, 3.05) is 13.2 Å². The number of phenolic OH excluding ortho intramolecular Hbond substituents is 2. The average molecular weight is 709 g/mol. The minimum Gasteiger partial charge on any atom is -0.508 e. The van der Waals surface area contributed by atoms with Crippen LogP contribution in [0.15, 0.2) is 121 Å². The lowest BCUT2D eigenvalue weighted by molar-refractivity contribution is 0.312. The van der Waals surface area contributed by atoms with E-state index in [1.165, 1.54) is 0 Å². The number of fused-ring (bicyclic) bond motifs is 4. The molecule has 0 heterocycles. The first-order valence-corrected chi connectivity index (χ1v) is 19.3. The zero-order valence-corrected chi connectivity index (χ0v) is 30.9. The van der Waals surface area contributed by atoms with Crippen LogP contribution in [0.4, 0.5) is 0 Å². The molecule has 0 atom stereocenters. The van der Waals surface area contributed by atoms with Crippen LogP contribution < -0.4 is 9.47 Å². The van der Waals surface area contributed by atoms with Gasteiger partial charge in [0, 0.05) is 47.9 Å². The van der Waals surface area contributed by atoms with Crippen molar-refractivity contribution < 1.29 is 19.7 Å². The van der Waals surface area contributed by atoms with Crippen molar-refractivity contribution in [3.8, 4) is 23.0 Å². The van der Waals surface area contributed by atoms with E-state index in [9.17, 15) is 10.2 Å². The Morgan fingerprint density at radius 1 is 0.426 bits per heavy atom. The van der Waals surface area contributed by atoms with E-state index in [2.05, 4.69) is 129 Å². The van der Waals surface area contributed by atoms with E-state index in [4.69, 9.17) is 9.47 Å². The van der Waals surface area contributed by atoms with Crippen LogP contribution in [0.5, 0.6) is 23.0 Å². The van der Waals surface area contributed by atoms with E-state index in [1.54, 1.807) is 0 Å². The van der Waals surface area contributed by atoms with Crippen molar-refractivity contribution in [2.45, 2.75) is 52.4 Å². The molecule has 0 aliphatic heterocycles. The maximum Gasteiger partial charge on any atom is 0.126 e. The van der Waals surface area contributed by atoms with Crippen LogP contribution in [0.2, 0.25) is 0 Å². The molecule has 2 aliphatic rings. The maximum atomic E-state index is 12.5. The first kappa shape index (κ1) is 33.8. The van der Waals surface area contributed by atoms with Gasteiger partial charge < -0.3 is 19.7 Å². The summed E-state index contributed by atoms with van der Waals surface area (Å²) in [6.45, 7) is 5.38. The SMILES string of the molecule is CCCOc1c2cc3ccccc3c1Cc1c(O)c(cc3ccccc13)Cc1cc3ccccc3c(c1OCCC)Cc1c(O)cc(c3ccccc13)C2. The summed E-state index contributed by atoms with van der Waals surface area (Å²) >= 11 is 0. The van der Waals surface area contributed by atoms with E-state index < -0.39 is 0 Å². The van der Waals surface area contributed by atoms with Crippen LogP contribution in [-0.4, -0.2) is 23.4 Å². The van der Waals surface area contributed by atoms with Crippen LogP contribution in [0, 0.1) is 0 Å². The molecule has 0 saturated carbocycles. The minimum absolute atomic E-state index is 0.275. The van der Waals surface area contributed by atoms with Gasteiger partial charge in [0.15, 0.2) is 0 Å². The van der Waals surface area contributed by atoms with Gasteiger partial charge in [-0.25, -0.2) is 0 Å². The first-order valence-electron chi connectivity index (χ1n) is 19.3. The van der Waals surface area contributed by atoms with Crippen LogP contribution in [0.1, 0.15) is 71.2 Å². The average Bonchev–Trinajstić information content (AvgIpc) is 3.19. The van der Waals surface area contributed by atoms with Gasteiger partial charge in [0.05, 0.1) is 13.2 Å². The molecule has 0 spiro atoms. The predicted molar refractivity (Wildman–Crippen MR) is 222 cm³/mol. The second kappa shape index (κ2) is 14.1. The fourth-order valence-corrected chi connectivity index (χ4v) is 8.69. The van der Waals surface area contributed by atoms with Gasteiger partial charge >= 0.3 is 0 Å². The van der Waals surface area contributed by atoms with E-state index in [-0.39, 0.29) is 5.75 Å². The van der Waals surface area contributed by atoms with Crippen LogP contribution in [-0.2, 0) is 25.7 Å². The molecule has 4 nitrogen and oxygen atoms in total. The Balaban J connectivity index is 1.41. The summed E-state index contributed by atoms with van der Waals surface area (Å²) in [6.07, 6.45) is 3.74. The van der Waals surface area contributed by atoms with E-state index in [1.807, 2.05) is 6.07 Å². The highest BCUT2D eigenvalue weighted by atomic mass is 16.5. The highest BCUT2D eigenvalue weighted by Gasteiger charge is 2.25. The molecular formula is C50H44O4. The summed E-state index contributed by atoms with van der Waals surface area (Å²) in [7, 11) is 0. The van der Waals surface area contributed by atoms with Crippen molar-refractivity contribution in [2.24, 2.45) is 0 Å². The molecule has 0 fully saturated rings. The van der Waals surface area contributed by atoms with E-state index in [0.29, 0.717) is 44.6 Å². The Morgan fingerprint density at radius 3 is 1.39 bits per heavy atom. The van der Waals surface area contributed by atoms with Gasteiger partial charge in [-0.3, -0.25) is 0 Å². The zero-order valence-electron chi connectivity index (χ0n) is 30.9. The predicted octanol–water partition coefficient (Wildman–Crippen LogP) is 12.0. The molecule has 8 bridgehead atoms. The summed E-state index contributed by atoms with van der Waals surface area (Å²) in [4.78, 5) is 0. The van der Waals surface area contributed by atoms with Gasteiger partial charge in [-0.1, -0.05) is 111 Å². The second-order valence-electron chi connectivity index (χ2n) is 14.7. The second-order valence-corrected chi connectivity index (χ2v) is 14.7. The fourth-order valence-electron chi connectivity index (χ4n) is 8.69. The number of benzene rings is 8. The topological polar surface area (TPSA) is 58.9 Å². The first-order chi connectivity index (χ1) is 26.5. The van der Waals surface area contributed by atoms with Gasteiger partial charge in [-0.2, -0.15) is 0 Å². The molecule has 2 aliphatic carbocycles. The monoisotopic (exact) mass is 708 g/mol. The van der Waals surface area contributed by atoms with Gasteiger partial charge in [0.25, 0.3) is 0 Å². The summed E-state index contributed by atoms with van der Waals surface area (Å²) in [5.41, 5.74) is 7.83. The quantitative estimate of drug-likeness (QED) is 0.181. The van der Waals surface area contributed by atoms with Crippen molar-refractivity contribution in [3.05, 3.63) is 166 Å². The number of hydrogen-bond acceptors (Lipinski definition) is 4. The van der Waals surface area contributed by atoms with Crippen molar-refractivity contribution in [3.63, 3.8) is 0 Å². The molecule has 10 rings (SSSR count). The van der Waals surface area contributed by atoms with E-state index in [0.717, 1.165) is 112 Å². The highest BCUT2D eigenvalue weighted by Crippen LogP contribution is 2.45. The Kier molecular flexibility index (Phi) is 8.83. The van der Waals surface area contributed by atoms with Gasteiger partial charge in [-0.05, 0) is 102 Å². The summed E-state index contributed by atoms with van der Waals surface area (Å²) < 4.78 is 13.5. The van der Waals surface area contributed by atoms with Crippen LogP contribution in [0.25, 0.3) is 43.1 Å². The van der Waals surface area contributed by atoms with Crippen molar-refractivity contribution >= 4 is 43.1 Å². The number of hydrogen-bond donors (Lipinski definition) is 2. The Labute approximate surface area is 316 Å². The number of phenols is 2. The minimum atomic E-state index is 0.275. The molecule has 268 valence electrons. The lowest BCUT2D eigenvalue weighted by atomic mass is 9.87. The molecule has 0 amide bonds. The molecule has 8 aromatic carbocycles. The summed E-state index contributed by atoms with van der Waals surface area (Å²) in [5, 5.41) is 33.2. The van der Waals surface area contributed by atoms with Crippen molar-refractivity contribution in [1.29, 1.82) is 0 Å². The van der Waals surface area contributed by atoms with Gasteiger partial charge in [0.2, 0.25) is 0 Å². The molecule has 4 heteroatoms. The Bertz CT molecular complexity index is 2720. The zero-order chi connectivity index (χ0) is 36.8. The molecule has 0 aromatic heterocycles. The van der Waals surface area contributed by atoms with E-state index >= 15 is 0 Å². The summed E-state index contributed by atoms with van der Waals surface area (Å²) in [6, 6.07) is 42.4. The lowest BCUT2D eigenvalue weighted by Crippen LogP contribution is -2.06. The fraction of sp³-hybridized carbons (Fsp3) is 0.200. The van der Waals surface area contributed by atoms with Crippen molar-refractivity contribution in [1.82, 2.24) is 0 Å². The third-order valence-electron chi connectivity index (χ3n) is 11.2. The maximum absolute atomic E-state index is 12.5. The molecule has 8 aromatic rings. The van der Waals surface area contributed by atoms with Gasteiger partial charge in [-0.15, -0.1) is 0 Å². The van der Waals surface area contributed by atoms with Crippen LogP contribution >= 0.6 is 0 Å². The molecule has 0 saturated heterocycles. The number of aromatic hydroxyl groups is 2. The van der Waals surface area contributed by atoms with Crippen LogP contribution in [0.3, 0.4) is 0 Å². The molecular weight excluding hydrogens is 665 g/mol. The molecule has 0 unspecified atom stereocenters. The molecule has 0 radical (unpaired) electrons. The molecule has 54 heavy (non-hydrogen) atoms. The number of ether oxygens (including phenoxy) is 2. The Hall–Kier alpha value is -6.00. The smallest absolute Gasteiger partial charge is 0.126 e. The largest absolute Gasteiger partial charge is 0.508 e. The normalized spacial score (nSPS) is 12.8. The summed E-state index contributed by atoms with van der Waals surface area (Å²) in [5.74, 6) is 2.26. The van der Waals surface area contributed by atoms with Gasteiger partial charge in [0.1, 0.15) is 23.0 Å². The third kappa shape index (κ3) is 5.87. The highest BCUT2D eigenvalue weighted by molar-refractivity contribution is 5.96. The molecule has 2 N–H and O–H groups in total.